The minimum absolute atomic E-state index is 0.000776. The first-order valence-electron chi connectivity index (χ1n) is 6.41. The molecule has 20 heavy (non-hydrogen) atoms. The zero-order valence-electron chi connectivity index (χ0n) is 11.2. The van der Waals surface area contributed by atoms with Gasteiger partial charge in [0.15, 0.2) is 5.43 Å². The predicted octanol–water partition coefficient (Wildman–Crippen LogP) is 3.95. The van der Waals surface area contributed by atoms with Gasteiger partial charge >= 0.3 is 0 Å². The molecule has 0 amide bonds. The van der Waals surface area contributed by atoms with Crippen molar-refractivity contribution in [3.63, 3.8) is 0 Å². The van der Waals surface area contributed by atoms with Gasteiger partial charge < -0.3 is 10.2 Å². The first kappa shape index (κ1) is 12.9. The molecule has 1 aromatic heterocycles. The second kappa shape index (κ2) is 4.49. The number of phenolic OH excluding ortho intramolecular Hbond substituents is 2. The Kier molecular flexibility index (Phi) is 2.91. The second-order valence-corrected chi connectivity index (χ2v) is 6.17. The lowest BCUT2D eigenvalue weighted by Crippen LogP contribution is -2.05. The molecule has 0 saturated heterocycles. The third kappa shape index (κ3) is 1.76. The smallest absolute Gasteiger partial charge is 0.196 e. The number of benzene rings is 2. The molecule has 0 saturated carbocycles. The Bertz CT molecular complexity index is 878. The third-order valence-electron chi connectivity index (χ3n) is 3.43. The second-order valence-electron chi connectivity index (χ2n) is 5.11. The van der Waals surface area contributed by atoms with Crippen LogP contribution in [0.1, 0.15) is 25.3 Å². The van der Waals surface area contributed by atoms with Crippen molar-refractivity contribution >= 4 is 31.5 Å². The summed E-state index contributed by atoms with van der Waals surface area (Å²) in [4.78, 5) is 12.7. The van der Waals surface area contributed by atoms with Crippen molar-refractivity contribution in [1.29, 1.82) is 0 Å². The van der Waals surface area contributed by atoms with E-state index in [1.165, 1.54) is 17.4 Å². The van der Waals surface area contributed by atoms with Crippen LogP contribution in [0.2, 0.25) is 0 Å². The number of hydrogen-bond acceptors (Lipinski definition) is 4. The van der Waals surface area contributed by atoms with Crippen LogP contribution in [0.25, 0.3) is 20.2 Å². The molecule has 0 aliphatic rings. The number of phenols is 2. The van der Waals surface area contributed by atoms with Gasteiger partial charge in [-0.05, 0) is 18.1 Å². The molecule has 0 radical (unpaired) electrons. The Hall–Kier alpha value is -2.07. The van der Waals surface area contributed by atoms with E-state index in [4.69, 9.17) is 0 Å². The van der Waals surface area contributed by atoms with Gasteiger partial charge in [0.25, 0.3) is 0 Å². The monoisotopic (exact) mass is 286 g/mol. The van der Waals surface area contributed by atoms with Crippen molar-refractivity contribution < 1.29 is 10.2 Å². The largest absolute Gasteiger partial charge is 0.507 e. The quantitative estimate of drug-likeness (QED) is 0.666. The van der Waals surface area contributed by atoms with E-state index in [1.54, 1.807) is 6.07 Å². The zero-order chi connectivity index (χ0) is 14.4. The standard InChI is InChI=1S/C16H14O3S/c1-8(2)13-10(17)7-11(18)16-14(13)15(19)9-5-3-4-6-12(9)20-16/h3-8,17-18H,1-2H3. The molecule has 102 valence electrons. The Morgan fingerprint density at radius 3 is 2.50 bits per heavy atom. The summed E-state index contributed by atoms with van der Waals surface area (Å²) in [5, 5.41) is 21.2. The predicted molar refractivity (Wildman–Crippen MR) is 83.0 cm³/mol. The molecule has 0 spiro atoms. The molecule has 0 unspecified atom stereocenters. The van der Waals surface area contributed by atoms with Gasteiger partial charge in [0, 0.05) is 21.7 Å². The fourth-order valence-corrected chi connectivity index (χ4v) is 3.66. The topological polar surface area (TPSA) is 57.5 Å². The number of aromatic hydroxyl groups is 2. The first-order chi connectivity index (χ1) is 9.50. The van der Waals surface area contributed by atoms with E-state index in [2.05, 4.69) is 0 Å². The summed E-state index contributed by atoms with van der Waals surface area (Å²) in [5.74, 6) is -0.0708. The van der Waals surface area contributed by atoms with E-state index >= 15 is 0 Å². The molecule has 0 bridgehead atoms. The van der Waals surface area contributed by atoms with Crippen LogP contribution in [0, 0.1) is 0 Å². The number of fused-ring (bicyclic) bond motifs is 2. The van der Waals surface area contributed by atoms with Gasteiger partial charge in [-0.1, -0.05) is 26.0 Å². The first-order valence-corrected chi connectivity index (χ1v) is 7.22. The van der Waals surface area contributed by atoms with Gasteiger partial charge in [-0.25, -0.2) is 0 Å². The van der Waals surface area contributed by atoms with Gasteiger partial charge in [0.2, 0.25) is 0 Å². The number of rotatable bonds is 1. The van der Waals surface area contributed by atoms with Gasteiger partial charge in [0.1, 0.15) is 11.5 Å². The summed E-state index contributed by atoms with van der Waals surface area (Å²) in [6.45, 7) is 3.84. The SMILES string of the molecule is CC(C)c1c(O)cc(O)c2sc3ccccc3c(=O)c12. The summed E-state index contributed by atoms with van der Waals surface area (Å²) >= 11 is 1.37. The molecule has 0 aliphatic carbocycles. The number of hydrogen-bond donors (Lipinski definition) is 2. The van der Waals surface area contributed by atoms with Crippen molar-refractivity contribution in [2.75, 3.05) is 0 Å². The van der Waals surface area contributed by atoms with E-state index in [1.807, 2.05) is 32.0 Å². The van der Waals surface area contributed by atoms with Crippen molar-refractivity contribution in [1.82, 2.24) is 0 Å². The molecule has 4 heteroatoms. The summed E-state index contributed by atoms with van der Waals surface area (Å²) in [6, 6.07) is 8.65. The van der Waals surface area contributed by atoms with Gasteiger partial charge in [-0.15, -0.1) is 11.3 Å². The van der Waals surface area contributed by atoms with Crippen LogP contribution in [-0.2, 0) is 0 Å². The normalized spacial score (nSPS) is 11.6. The molecule has 2 aromatic carbocycles. The molecule has 0 atom stereocenters. The van der Waals surface area contributed by atoms with E-state index in [0.29, 0.717) is 21.0 Å². The summed E-state index contributed by atoms with van der Waals surface area (Å²) < 4.78 is 1.37. The van der Waals surface area contributed by atoms with Crippen molar-refractivity contribution in [3.8, 4) is 11.5 Å². The Balaban J connectivity index is 2.65. The van der Waals surface area contributed by atoms with E-state index < -0.39 is 0 Å². The highest BCUT2D eigenvalue weighted by Crippen LogP contribution is 2.40. The van der Waals surface area contributed by atoms with E-state index in [0.717, 1.165) is 4.70 Å². The third-order valence-corrected chi connectivity index (χ3v) is 4.62. The lowest BCUT2D eigenvalue weighted by molar-refractivity contribution is 0.449. The molecule has 1 heterocycles. The minimum atomic E-state index is -0.135. The van der Waals surface area contributed by atoms with Gasteiger partial charge in [0.05, 0.1) is 10.1 Å². The fraction of sp³-hybridized carbons (Fsp3) is 0.188. The van der Waals surface area contributed by atoms with E-state index in [-0.39, 0.29) is 22.8 Å². The molecular weight excluding hydrogens is 272 g/mol. The molecular formula is C16H14O3S. The van der Waals surface area contributed by atoms with Crippen molar-refractivity contribution in [2.45, 2.75) is 19.8 Å². The fourth-order valence-electron chi connectivity index (χ4n) is 2.55. The molecule has 2 N–H and O–H groups in total. The Labute approximate surface area is 119 Å². The minimum Gasteiger partial charge on any atom is -0.507 e. The lowest BCUT2D eigenvalue weighted by Gasteiger charge is -2.13. The zero-order valence-corrected chi connectivity index (χ0v) is 12.0. The molecule has 0 aliphatic heterocycles. The summed E-state index contributed by atoms with van der Waals surface area (Å²) in [6.07, 6.45) is 0. The van der Waals surface area contributed by atoms with Crippen LogP contribution in [0.5, 0.6) is 11.5 Å². The maximum absolute atomic E-state index is 12.7. The average molecular weight is 286 g/mol. The summed E-state index contributed by atoms with van der Waals surface area (Å²) in [7, 11) is 0. The van der Waals surface area contributed by atoms with Crippen LogP contribution in [-0.4, -0.2) is 10.2 Å². The highest BCUT2D eigenvalue weighted by Gasteiger charge is 2.19. The molecule has 3 rings (SSSR count). The van der Waals surface area contributed by atoms with E-state index in [9.17, 15) is 15.0 Å². The van der Waals surface area contributed by atoms with Crippen LogP contribution in [0.3, 0.4) is 0 Å². The van der Waals surface area contributed by atoms with Crippen LogP contribution >= 0.6 is 11.3 Å². The van der Waals surface area contributed by atoms with Crippen molar-refractivity contribution in [2.24, 2.45) is 0 Å². The highest BCUT2D eigenvalue weighted by molar-refractivity contribution is 7.24. The van der Waals surface area contributed by atoms with Gasteiger partial charge in [-0.2, -0.15) is 0 Å². The average Bonchev–Trinajstić information content (AvgIpc) is 2.40. The summed E-state index contributed by atoms with van der Waals surface area (Å²) in [5.41, 5.74) is 0.467. The maximum atomic E-state index is 12.7. The van der Waals surface area contributed by atoms with Crippen molar-refractivity contribution in [3.05, 3.63) is 46.1 Å². The molecule has 0 fully saturated rings. The molecule has 3 nitrogen and oxygen atoms in total. The highest BCUT2D eigenvalue weighted by atomic mass is 32.1. The van der Waals surface area contributed by atoms with Crippen LogP contribution in [0.15, 0.2) is 35.1 Å². The molecule has 3 aromatic rings. The van der Waals surface area contributed by atoms with Crippen LogP contribution in [0.4, 0.5) is 0 Å². The lowest BCUT2D eigenvalue weighted by atomic mass is 9.97. The Morgan fingerprint density at radius 2 is 1.80 bits per heavy atom. The van der Waals surface area contributed by atoms with Crippen LogP contribution < -0.4 is 5.43 Å². The Morgan fingerprint density at radius 1 is 1.10 bits per heavy atom. The maximum Gasteiger partial charge on any atom is 0.196 e. The van der Waals surface area contributed by atoms with Gasteiger partial charge in [-0.3, -0.25) is 4.79 Å².